The van der Waals surface area contributed by atoms with Crippen LogP contribution in [-0.4, -0.2) is 0 Å². The van der Waals surface area contributed by atoms with Crippen LogP contribution in [-0.2, 0) is 0 Å². The maximum Gasteiger partial charge on any atom is 0.0493 e. The molecule has 0 saturated carbocycles. The summed E-state index contributed by atoms with van der Waals surface area (Å²) in [5.41, 5.74) is 1.00. The number of hydrogen-bond acceptors (Lipinski definition) is 1. The summed E-state index contributed by atoms with van der Waals surface area (Å²) >= 11 is 13.6. The smallest absolute Gasteiger partial charge is 0.0493 e. The molecule has 0 N–H and O–H groups in total. The average Bonchev–Trinajstić information content (AvgIpc) is 2.61. The van der Waals surface area contributed by atoms with Crippen molar-refractivity contribution in [1.82, 2.24) is 0 Å². The zero-order valence-corrected chi connectivity index (χ0v) is 8.96. The monoisotopic (exact) mass is 228 g/mol. The van der Waals surface area contributed by atoms with Gasteiger partial charge < -0.3 is 0 Å². The molecular formula is C10H6Cl2S. The van der Waals surface area contributed by atoms with Crippen LogP contribution in [0.25, 0.3) is 10.4 Å². The Labute approximate surface area is 90.7 Å². The molecule has 0 atom stereocenters. The highest BCUT2D eigenvalue weighted by Gasteiger charge is 2.04. The highest BCUT2D eigenvalue weighted by molar-refractivity contribution is 7.13. The van der Waals surface area contributed by atoms with Crippen molar-refractivity contribution in [3.63, 3.8) is 0 Å². The van der Waals surface area contributed by atoms with Gasteiger partial charge in [0.2, 0.25) is 0 Å². The van der Waals surface area contributed by atoms with E-state index in [0.29, 0.717) is 5.02 Å². The molecule has 0 aliphatic rings. The molecular weight excluding hydrogens is 223 g/mol. The Morgan fingerprint density at radius 2 is 1.92 bits per heavy atom. The molecule has 1 aromatic heterocycles. The molecule has 1 heterocycles. The summed E-state index contributed by atoms with van der Waals surface area (Å²) in [6, 6.07) is 9.52. The van der Waals surface area contributed by atoms with Crippen molar-refractivity contribution in [3.05, 3.63) is 45.8 Å². The van der Waals surface area contributed by atoms with Gasteiger partial charge in [-0.3, -0.25) is 0 Å². The Morgan fingerprint density at radius 3 is 2.62 bits per heavy atom. The molecule has 13 heavy (non-hydrogen) atoms. The summed E-state index contributed by atoms with van der Waals surface area (Å²) < 4.78 is 0. The van der Waals surface area contributed by atoms with Crippen molar-refractivity contribution < 1.29 is 0 Å². The highest BCUT2D eigenvalue weighted by atomic mass is 35.5. The van der Waals surface area contributed by atoms with Crippen molar-refractivity contribution in [2.75, 3.05) is 0 Å². The lowest BCUT2D eigenvalue weighted by atomic mass is 10.2. The van der Waals surface area contributed by atoms with Crippen LogP contribution in [0.5, 0.6) is 0 Å². The largest absolute Gasteiger partial charge is 0.144 e. The summed E-state index contributed by atoms with van der Waals surface area (Å²) in [6.45, 7) is 0. The molecule has 0 nitrogen and oxygen atoms in total. The van der Waals surface area contributed by atoms with Gasteiger partial charge in [0.05, 0.1) is 0 Å². The summed E-state index contributed by atoms with van der Waals surface area (Å²) in [4.78, 5) is 1.15. The quantitative estimate of drug-likeness (QED) is 0.663. The summed E-state index contributed by atoms with van der Waals surface area (Å²) in [5.74, 6) is 0. The second-order valence-corrected chi connectivity index (χ2v) is 4.39. The summed E-state index contributed by atoms with van der Waals surface area (Å²) in [6.07, 6.45) is 0. The Bertz CT molecular complexity index is 407. The van der Waals surface area contributed by atoms with Crippen molar-refractivity contribution in [1.29, 1.82) is 0 Å². The molecule has 0 radical (unpaired) electrons. The van der Waals surface area contributed by atoms with Gasteiger partial charge >= 0.3 is 0 Å². The van der Waals surface area contributed by atoms with Crippen LogP contribution < -0.4 is 0 Å². The lowest BCUT2D eigenvalue weighted by molar-refractivity contribution is 1.69. The van der Waals surface area contributed by atoms with Crippen LogP contribution in [0.1, 0.15) is 0 Å². The first-order valence-electron chi connectivity index (χ1n) is 3.76. The number of halogens is 2. The zero-order valence-electron chi connectivity index (χ0n) is 6.63. The molecule has 0 spiro atoms. The van der Waals surface area contributed by atoms with Crippen LogP contribution in [0, 0.1) is 0 Å². The van der Waals surface area contributed by atoms with Gasteiger partial charge in [-0.25, -0.2) is 0 Å². The lowest BCUT2D eigenvalue weighted by Crippen LogP contribution is -1.74. The van der Waals surface area contributed by atoms with Crippen molar-refractivity contribution >= 4 is 34.5 Å². The second kappa shape index (κ2) is 3.70. The van der Waals surface area contributed by atoms with E-state index in [1.165, 1.54) is 0 Å². The molecule has 0 amide bonds. The molecule has 1 aromatic carbocycles. The molecule has 0 aliphatic carbocycles. The molecule has 66 valence electrons. The highest BCUT2D eigenvalue weighted by Crippen LogP contribution is 2.33. The van der Waals surface area contributed by atoms with E-state index in [1.807, 2.05) is 29.6 Å². The molecule has 2 rings (SSSR count). The average molecular weight is 229 g/mol. The third-order valence-electron chi connectivity index (χ3n) is 1.72. The van der Waals surface area contributed by atoms with E-state index in [1.54, 1.807) is 17.4 Å². The standard InChI is InChI=1S/C10H6Cl2S/c11-7-3-4-9(12)8(6-7)10-2-1-5-13-10/h1-6H. The zero-order chi connectivity index (χ0) is 9.26. The molecule has 0 unspecified atom stereocenters. The number of benzene rings is 1. The van der Waals surface area contributed by atoms with E-state index in [4.69, 9.17) is 23.2 Å². The van der Waals surface area contributed by atoms with Crippen LogP contribution in [0.15, 0.2) is 35.7 Å². The third-order valence-corrected chi connectivity index (χ3v) is 3.18. The summed E-state index contributed by atoms with van der Waals surface area (Å²) in [5, 5.41) is 3.48. The van der Waals surface area contributed by atoms with Crippen LogP contribution >= 0.6 is 34.5 Å². The fourth-order valence-electron chi connectivity index (χ4n) is 1.12. The molecule has 0 saturated heterocycles. The summed E-state index contributed by atoms with van der Waals surface area (Å²) in [7, 11) is 0. The maximum absolute atomic E-state index is 6.04. The molecule has 0 bridgehead atoms. The van der Waals surface area contributed by atoms with Crippen LogP contribution in [0.2, 0.25) is 10.0 Å². The topological polar surface area (TPSA) is 0 Å². The van der Waals surface area contributed by atoms with Gasteiger partial charge in [-0.1, -0.05) is 29.3 Å². The SMILES string of the molecule is Clc1ccc(Cl)c(-c2cccs2)c1. The molecule has 3 heteroatoms. The first kappa shape index (κ1) is 9.07. The fraction of sp³-hybridized carbons (Fsp3) is 0. The van der Waals surface area contributed by atoms with Gasteiger partial charge in [-0.15, -0.1) is 11.3 Å². The van der Waals surface area contributed by atoms with Crippen molar-refractivity contribution in [2.24, 2.45) is 0 Å². The normalized spacial score (nSPS) is 10.3. The first-order chi connectivity index (χ1) is 6.27. The minimum atomic E-state index is 0.716. The molecule has 0 fully saturated rings. The van der Waals surface area contributed by atoms with Gasteiger partial charge in [0.25, 0.3) is 0 Å². The number of hydrogen-bond donors (Lipinski definition) is 0. The molecule has 0 aliphatic heterocycles. The Kier molecular flexibility index (Phi) is 2.58. The van der Waals surface area contributed by atoms with Gasteiger partial charge in [-0.05, 0) is 29.6 Å². The van der Waals surface area contributed by atoms with E-state index in [9.17, 15) is 0 Å². The van der Waals surface area contributed by atoms with Gasteiger partial charge in [0, 0.05) is 20.5 Å². The lowest BCUT2D eigenvalue weighted by Gasteiger charge is -2.00. The Morgan fingerprint density at radius 1 is 1.08 bits per heavy atom. The molecule has 2 aromatic rings. The predicted octanol–water partition coefficient (Wildman–Crippen LogP) is 4.72. The van der Waals surface area contributed by atoms with E-state index in [-0.39, 0.29) is 0 Å². The van der Waals surface area contributed by atoms with Crippen molar-refractivity contribution in [2.45, 2.75) is 0 Å². The third kappa shape index (κ3) is 1.88. The minimum absolute atomic E-state index is 0.716. The van der Waals surface area contributed by atoms with E-state index in [2.05, 4.69) is 0 Å². The van der Waals surface area contributed by atoms with E-state index < -0.39 is 0 Å². The van der Waals surface area contributed by atoms with Crippen LogP contribution in [0.4, 0.5) is 0 Å². The fourth-order valence-corrected chi connectivity index (χ4v) is 2.32. The second-order valence-electron chi connectivity index (χ2n) is 2.60. The van der Waals surface area contributed by atoms with Crippen LogP contribution in [0.3, 0.4) is 0 Å². The minimum Gasteiger partial charge on any atom is -0.144 e. The van der Waals surface area contributed by atoms with Gasteiger partial charge in [0.1, 0.15) is 0 Å². The van der Waals surface area contributed by atoms with Gasteiger partial charge in [-0.2, -0.15) is 0 Å². The van der Waals surface area contributed by atoms with Crippen molar-refractivity contribution in [3.8, 4) is 10.4 Å². The first-order valence-corrected chi connectivity index (χ1v) is 5.40. The Balaban J connectivity index is 2.57. The van der Waals surface area contributed by atoms with E-state index in [0.717, 1.165) is 15.5 Å². The number of rotatable bonds is 1. The number of thiophene rings is 1. The van der Waals surface area contributed by atoms with Gasteiger partial charge in [0.15, 0.2) is 0 Å². The van der Waals surface area contributed by atoms with E-state index >= 15 is 0 Å². The maximum atomic E-state index is 6.04. The predicted molar refractivity (Wildman–Crippen MR) is 59.8 cm³/mol. The Hall–Kier alpha value is -0.500.